The topological polar surface area (TPSA) is 57.3 Å². The van der Waals surface area contributed by atoms with Crippen molar-refractivity contribution in [1.29, 1.82) is 0 Å². The molecule has 4 rings (SSSR count). The average Bonchev–Trinajstić information content (AvgIpc) is 2.76. The maximum atomic E-state index is 12.1. The number of ether oxygens (including phenoxy) is 4. The zero-order chi connectivity index (χ0) is 11.7. The van der Waals surface area contributed by atoms with Crippen LogP contribution in [-0.2, 0) is 23.7 Å². The summed E-state index contributed by atoms with van der Waals surface area (Å²) in [5.74, 6) is -0.845. The third kappa shape index (κ3) is 1.17. The van der Waals surface area contributed by atoms with Gasteiger partial charge in [-0.25, -0.2) is 0 Å². The molecule has 4 aliphatic rings. The van der Waals surface area contributed by atoms with Crippen molar-refractivity contribution >= 4 is 5.97 Å². The lowest BCUT2D eigenvalue weighted by atomic mass is 9.73. The fourth-order valence-corrected chi connectivity index (χ4v) is 3.80. The van der Waals surface area contributed by atoms with Crippen LogP contribution in [0.3, 0.4) is 0 Å². The molecule has 5 heteroatoms. The van der Waals surface area contributed by atoms with Crippen molar-refractivity contribution < 1.29 is 23.7 Å². The molecule has 0 aromatic rings. The van der Waals surface area contributed by atoms with Gasteiger partial charge in [0.2, 0.25) is 6.29 Å². The minimum absolute atomic E-state index is 0.0386. The Bertz CT molecular complexity index is 375. The summed E-state index contributed by atoms with van der Waals surface area (Å²) in [4.78, 5) is 12.1. The van der Waals surface area contributed by atoms with Crippen LogP contribution in [0, 0.1) is 11.3 Å². The molecule has 0 aromatic heterocycles. The summed E-state index contributed by atoms with van der Waals surface area (Å²) in [5.41, 5.74) is -0.309. The highest BCUT2D eigenvalue weighted by molar-refractivity contribution is 5.75. The molecule has 1 aliphatic carbocycles. The van der Waals surface area contributed by atoms with E-state index in [1.807, 2.05) is 0 Å². The standard InChI is InChI=1S/C12H16O5/c1-11-6-8-10(16-8)17-9(13)7(11)2-3-12(11)14-4-5-15-12/h7-8,10H,2-6H2,1H3/t7-,8-,10+,11+/m1/s1. The molecule has 4 atom stereocenters. The summed E-state index contributed by atoms with van der Waals surface area (Å²) in [6.07, 6.45) is 2.07. The van der Waals surface area contributed by atoms with Gasteiger partial charge >= 0.3 is 5.97 Å². The Labute approximate surface area is 99.3 Å². The number of esters is 1. The van der Waals surface area contributed by atoms with Gasteiger partial charge in [-0.1, -0.05) is 6.92 Å². The van der Waals surface area contributed by atoms with Crippen LogP contribution in [0.4, 0.5) is 0 Å². The SMILES string of the molecule is C[C@]12C[C@H]3O[C@H]3OC(=O)[C@H]1CCC21OCCO1. The van der Waals surface area contributed by atoms with Crippen LogP contribution in [-0.4, -0.2) is 37.4 Å². The van der Waals surface area contributed by atoms with E-state index < -0.39 is 5.79 Å². The molecule has 17 heavy (non-hydrogen) atoms. The van der Waals surface area contributed by atoms with Gasteiger partial charge in [0, 0.05) is 11.8 Å². The van der Waals surface area contributed by atoms with Gasteiger partial charge in [0.1, 0.15) is 6.10 Å². The molecule has 0 aromatic carbocycles. The number of carbonyl (C=O) groups excluding carboxylic acids is 1. The monoisotopic (exact) mass is 240 g/mol. The van der Waals surface area contributed by atoms with Crippen LogP contribution in [0.1, 0.15) is 26.2 Å². The van der Waals surface area contributed by atoms with Crippen molar-refractivity contribution in [3.63, 3.8) is 0 Å². The van der Waals surface area contributed by atoms with Crippen LogP contribution in [0.25, 0.3) is 0 Å². The molecule has 4 fully saturated rings. The number of rotatable bonds is 0. The first-order chi connectivity index (χ1) is 8.15. The molecule has 5 nitrogen and oxygen atoms in total. The molecule has 1 saturated carbocycles. The highest BCUT2D eigenvalue weighted by atomic mass is 16.8. The average molecular weight is 240 g/mol. The van der Waals surface area contributed by atoms with Gasteiger partial charge in [0.25, 0.3) is 0 Å². The van der Waals surface area contributed by atoms with E-state index in [1.165, 1.54) is 0 Å². The van der Waals surface area contributed by atoms with E-state index in [-0.39, 0.29) is 29.7 Å². The summed E-state index contributed by atoms with van der Waals surface area (Å²) in [7, 11) is 0. The zero-order valence-corrected chi connectivity index (χ0v) is 9.81. The Morgan fingerprint density at radius 3 is 2.82 bits per heavy atom. The minimum atomic E-state index is -0.586. The Morgan fingerprint density at radius 2 is 2.06 bits per heavy atom. The van der Waals surface area contributed by atoms with Crippen LogP contribution in [0.2, 0.25) is 0 Å². The van der Waals surface area contributed by atoms with Crippen molar-refractivity contribution in [1.82, 2.24) is 0 Å². The van der Waals surface area contributed by atoms with Gasteiger partial charge in [-0.2, -0.15) is 0 Å². The normalized spacial score (nSPS) is 50.6. The summed E-state index contributed by atoms with van der Waals surface area (Å²) in [6, 6.07) is 0. The highest BCUT2D eigenvalue weighted by Gasteiger charge is 2.68. The fourth-order valence-electron chi connectivity index (χ4n) is 3.80. The largest absolute Gasteiger partial charge is 0.433 e. The first kappa shape index (κ1) is 10.3. The fraction of sp³-hybridized carbons (Fsp3) is 0.917. The summed E-state index contributed by atoms with van der Waals surface area (Å²) in [6.45, 7) is 3.32. The Morgan fingerprint density at radius 1 is 1.29 bits per heavy atom. The summed E-state index contributed by atoms with van der Waals surface area (Å²) >= 11 is 0. The second kappa shape index (κ2) is 3.02. The van der Waals surface area contributed by atoms with Crippen molar-refractivity contribution in [3.05, 3.63) is 0 Å². The zero-order valence-electron chi connectivity index (χ0n) is 9.81. The number of fused-ring (bicyclic) bond motifs is 3. The van der Waals surface area contributed by atoms with Crippen LogP contribution in [0.15, 0.2) is 0 Å². The Kier molecular flexibility index (Phi) is 1.83. The van der Waals surface area contributed by atoms with Crippen molar-refractivity contribution in [2.24, 2.45) is 11.3 Å². The van der Waals surface area contributed by atoms with Crippen LogP contribution >= 0.6 is 0 Å². The predicted octanol–water partition coefficient (Wildman–Crippen LogP) is 0.818. The van der Waals surface area contributed by atoms with E-state index in [1.54, 1.807) is 0 Å². The molecule has 0 amide bonds. The van der Waals surface area contributed by atoms with E-state index in [4.69, 9.17) is 18.9 Å². The molecule has 3 aliphatic heterocycles. The number of epoxide rings is 1. The summed E-state index contributed by atoms with van der Waals surface area (Å²) in [5, 5.41) is 0. The van der Waals surface area contributed by atoms with Crippen molar-refractivity contribution in [2.45, 2.75) is 44.4 Å². The van der Waals surface area contributed by atoms with Crippen molar-refractivity contribution in [3.8, 4) is 0 Å². The second-order valence-corrected chi connectivity index (χ2v) is 5.64. The molecule has 94 valence electrons. The molecule has 3 saturated heterocycles. The van der Waals surface area contributed by atoms with E-state index in [9.17, 15) is 4.79 Å². The molecular weight excluding hydrogens is 224 g/mol. The summed E-state index contributed by atoms with van der Waals surface area (Å²) < 4.78 is 22.4. The molecule has 1 spiro atoms. The van der Waals surface area contributed by atoms with Gasteiger partial charge in [-0.3, -0.25) is 4.79 Å². The highest BCUT2D eigenvalue weighted by Crippen LogP contribution is 2.60. The molecule has 0 bridgehead atoms. The van der Waals surface area contributed by atoms with E-state index >= 15 is 0 Å². The Hall–Kier alpha value is -0.650. The molecule has 3 heterocycles. The lowest BCUT2D eigenvalue weighted by Crippen LogP contribution is -2.48. The van der Waals surface area contributed by atoms with E-state index in [0.29, 0.717) is 13.2 Å². The van der Waals surface area contributed by atoms with Crippen LogP contribution < -0.4 is 0 Å². The lowest BCUT2D eigenvalue weighted by molar-refractivity contribution is -0.229. The minimum Gasteiger partial charge on any atom is -0.433 e. The molecular formula is C12H16O5. The number of hydrogen-bond acceptors (Lipinski definition) is 5. The maximum absolute atomic E-state index is 12.1. The first-order valence-electron chi connectivity index (χ1n) is 6.29. The molecule has 0 radical (unpaired) electrons. The van der Waals surface area contributed by atoms with Gasteiger partial charge in [0.15, 0.2) is 5.79 Å². The van der Waals surface area contributed by atoms with Gasteiger partial charge in [-0.05, 0) is 12.8 Å². The number of carbonyl (C=O) groups is 1. The lowest BCUT2D eigenvalue weighted by Gasteiger charge is -2.40. The third-order valence-corrected chi connectivity index (χ3v) is 4.83. The molecule has 0 unspecified atom stereocenters. The van der Waals surface area contributed by atoms with E-state index in [0.717, 1.165) is 19.3 Å². The first-order valence-corrected chi connectivity index (χ1v) is 6.29. The Balaban J connectivity index is 1.75. The number of hydrogen-bond donors (Lipinski definition) is 0. The second-order valence-electron chi connectivity index (χ2n) is 5.64. The van der Waals surface area contributed by atoms with Gasteiger partial charge < -0.3 is 18.9 Å². The van der Waals surface area contributed by atoms with E-state index in [2.05, 4.69) is 6.92 Å². The van der Waals surface area contributed by atoms with Crippen LogP contribution in [0.5, 0.6) is 0 Å². The third-order valence-electron chi connectivity index (χ3n) is 4.83. The quantitative estimate of drug-likeness (QED) is 0.463. The van der Waals surface area contributed by atoms with Gasteiger partial charge in [0.05, 0.1) is 19.1 Å². The smallest absolute Gasteiger partial charge is 0.312 e. The van der Waals surface area contributed by atoms with Gasteiger partial charge in [-0.15, -0.1) is 0 Å². The molecule has 0 N–H and O–H groups in total. The maximum Gasteiger partial charge on any atom is 0.312 e. The van der Waals surface area contributed by atoms with Crippen molar-refractivity contribution in [2.75, 3.05) is 13.2 Å². The predicted molar refractivity (Wildman–Crippen MR) is 54.8 cm³/mol.